The van der Waals surface area contributed by atoms with Crippen LogP contribution in [0.15, 0.2) is 18.2 Å². The van der Waals surface area contributed by atoms with E-state index < -0.39 is 0 Å². The van der Waals surface area contributed by atoms with Crippen LogP contribution >= 0.6 is 11.6 Å². The van der Waals surface area contributed by atoms with E-state index in [0.29, 0.717) is 16.3 Å². The van der Waals surface area contributed by atoms with Gasteiger partial charge < -0.3 is 11.1 Å². The number of nitrogen functional groups attached to an aromatic ring is 1. The minimum atomic E-state index is -0.121. The topological polar surface area (TPSA) is 55.1 Å². The highest BCUT2D eigenvalue weighted by Crippen LogP contribution is 2.34. The largest absolute Gasteiger partial charge is 0.398 e. The maximum Gasteiger partial charge on any atom is 0.253 e. The van der Waals surface area contributed by atoms with Crippen molar-refractivity contribution >= 4 is 23.2 Å². The molecule has 1 saturated carbocycles. The van der Waals surface area contributed by atoms with E-state index in [9.17, 15) is 4.79 Å². The first-order valence-electron chi connectivity index (χ1n) is 4.88. The van der Waals surface area contributed by atoms with Gasteiger partial charge in [-0.15, -0.1) is 0 Å². The van der Waals surface area contributed by atoms with Crippen molar-refractivity contribution < 1.29 is 4.79 Å². The third-order valence-electron chi connectivity index (χ3n) is 2.67. The minimum absolute atomic E-state index is 0.0246. The normalized spacial score (nSPS) is 17.2. The molecule has 1 aromatic rings. The molecule has 1 amide bonds. The Balaban J connectivity index is 2.18. The summed E-state index contributed by atoms with van der Waals surface area (Å²) >= 11 is 5.76. The highest BCUT2D eigenvalue weighted by molar-refractivity contribution is 6.31. The highest BCUT2D eigenvalue weighted by Gasteiger charge is 2.38. The first kappa shape index (κ1) is 10.3. The fourth-order valence-corrected chi connectivity index (χ4v) is 1.57. The van der Waals surface area contributed by atoms with E-state index in [1.807, 2.05) is 6.92 Å². The van der Waals surface area contributed by atoms with Gasteiger partial charge >= 0.3 is 0 Å². The van der Waals surface area contributed by atoms with Gasteiger partial charge in [0.1, 0.15) is 0 Å². The summed E-state index contributed by atoms with van der Waals surface area (Å²) in [6.45, 7) is 2.02. The molecule has 2 rings (SSSR count). The van der Waals surface area contributed by atoms with Crippen LogP contribution in [-0.4, -0.2) is 11.4 Å². The molecule has 0 heterocycles. The van der Waals surface area contributed by atoms with Gasteiger partial charge in [-0.05, 0) is 38.0 Å². The molecule has 0 aliphatic heterocycles. The lowest BCUT2D eigenvalue weighted by Gasteiger charge is -2.12. The molecule has 0 spiro atoms. The summed E-state index contributed by atoms with van der Waals surface area (Å²) in [7, 11) is 0. The monoisotopic (exact) mass is 224 g/mol. The van der Waals surface area contributed by atoms with E-state index in [1.54, 1.807) is 18.2 Å². The van der Waals surface area contributed by atoms with Crippen LogP contribution in [0.1, 0.15) is 30.1 Å². The van der Waals surface area contributed by atoms with Gasteiger partial charge in [0.15, 0.2) is 0 Å². The molecule has 0 unspecified atom stereocenters. The highest BCUT2D eigenvalue weighted by atomic mass is 35.5. The first-order chi connectivity index (χ1) is 7.00. The van der Waals surface area contributed by atoms with Crippen molar-refractivity contribution in [3.05, 3.63) is 28.8 Å². The van der Waals surface area contributed by atoms with Crippen LogP contribution < -0.4 is 11.1 Å². The van der Waals surface area contributed by atoms with E-state index >= 15 is 0 Å². The van der Waals surface area contributed by atoms with Gasteiger partial charge in [0.05, 0.1) is 5.56 Å². The van der Waals surface area contributed by atoms with Gasteiger partial charge in [-0.1, -0.05) is 11.6 Å². The van der Waals surface area contributed by atoms with Crippen LogP contribution in [0.4, 0.5) is 5.69 Å². The van der Waals surface area contributed by atoms with E-state index in [-0.39, 0.29) is 11.4 Å². The molecule has 4 heteroatoms. The summed E-state index contributed by atoms with van der Waals surface area (Å²) < 4.78 is 0. The van der Waals surface area contributed by atoms with Crippen molar-refractivity contribution in [3.8, 4) is 0 Å². The Bertz CT molecular complexity index is 413. The van der Waals surface area contributed by atoms with Crippen molar-refractivity contribution in [2.45, 2.75) is 25.3 Å². The van der Waals surface area contributed by atoms with Crippen molar-refractivity contribution in [1.82, 2.24) is 5.32 Å². The number of rotatable bonds is 2. The number of benzene rings is 1. The van der Waals surface area contributed by atoms with Gasteiger partial charge in [0, 0.05) is 16.2 Å². The van der Waals surface area contributed by atoms with Gasteiger partial charge in [0.25, 0.3) is 5.91 Å². The lowest BCUT2D eigenvalue weighted by Crippen LogP contribution is -2.34. The number of halogens is 1. The predicted octanol–water partition coefficient (Wildman–Crippen LogP) is 2.20. The van der Waals surface area contributed by atoms with Gasteiger partial charge in [0.2, 0.25) is 0 Å². The lowest BCUT2D eigenvalue weighted by molar-refractivity contribution is 0.0936. The van der Waals surface area contributed by atoms with E-state index in [4.69, 9.17) is 17.3 Å². The van der Waals surface area contributed by atoms with Gasteiger partial charge in [-0.25, -0.2) is 0 Å². The van der Waals surface area contributed by atoms with Crippen LogP contribution in [0, 0.1) is 0 Å². The summed E-state index contributed by atoms with van der Waals surface area (Å²) in [4.78, 5) is 11.8. The number of nitrogens with two attached hydrogens (primary N) is 1. The van der Waals surface area contributed by atoms with Crippen molar-refractivity contribution in [1.29, 1.82) is 0 Å². The molecule has 0 aromatic heterocycles. The second kappa shape index (κ2) is 3.42. The Hall–Kier alpha value is -1.22. The zero-order valence-electron chi connectivity index (χ0n) is 8.51. The average molecular weight is 225 g/mol. The zero-order chi connectivity index (χ0) is 11.1. The predicted molar refractivity (Wildman–Crippen MR) is 61.0 cm³/mol. The van der Waals surface area contributed by atoms with Crippen molar-refractivity contribution in [2.24, 2.45) is 0 Å². The molecular weight excluding hydrogens is 212 g/mol. The molecule has 0 atom stereocenters. The summed E-state index contributed by atoms with van der Waals surface area (Å²) in [5.41, 5.74) is 6.61. The number of nitrogens with one attached hydrogen (secondary N) is 1. The SMILES string of the molecule is CC1(NC(=O)c2ccc(Cl)cc2N)CC1. The Morgan fingerprint density at radius 3 is 2.73 bits per heavy atom. The molecule has 0 saturated heterocycles. The Kier molecular flexibility index (Phi) is 2.35. The molecule has 1 aliphatic carbocycles. The smallest absolute Gasteiger partial charge is 0.253 e. The molecule has 3 N–H and O–H groups in total. The third kappa shape index (κ3) is 2.23. The fraction of sp³-hybridized carbons (Fsp3) is 0.364. The molecule has 3 nitrogen and oxygen atoms in total. The number of carbonyl (C=O) groups excluding carboxylic acids is 1. The van der Waals surface area contributed by atoms with E-state index in [2.05, 4.69) is 5.32 Å². The molecule has 1 fully saturated rings. The number of carbonyl (C=O) groups is 1. The molecule has 1 aromatic carbocycles. The third-order valence-corrected chi connectivity index (χ3v) is 2.91. The molecule has 1 aliphatic rings. The summed E-state index contributed by atoms with van der Waals surface area (Å²) in [5.74, 6) is -0.121. The zero-order valence-corrected chi connectivity index (χ0v) is 9.27. The Morgan fingerprint density at radius 1 is 1.53 bits per heavy atom. The second-order valence-electron chi connectivity index (χ2n) is 4.25. The Morgan fingerprint density at radius 2 is 2.20 bits per heavy atom. The summed E-state index contributed by atoms with van der Waals surface area (Å²) in [6, 6.07) is 4.91. The molecule has 80 valence electrons. The van der Waals surface area contributed by atoms with Crippen LogP contribution in [0.2, 0.25) is 5.02 Å². The van der Waals surface area contributed by atoms with Crippen LogP contribution in [0.3, 0.4) is 0 Å². The number of anilines is 1. The van der Waals surface area contributed by atoms with Crippen molar-refractivity contribution in [3.63, 3.8) is 0 Å². The second-order valence-corrected chi connectivity index (χ2v) is 4.68. The molecule has 0 bridgehead atoms. The summed E-state index contributed by atoms with van der Waals surface area (Å²) in [6.07, 6.45) is 2.07. The lowest BCUT2D eigenvalue weighted by atomic mass is 10.1. The van der Waals surface area contributed by atoms with E-state index in [1.165, 1.54) is 0 Å². The molecular formula is C11H13ClN2O. The van der Waals surface area contributed by atoms with E-state index in [0.717, 1.165) is 12.8 Å². The molecule has 15 heavy (non-hydrogen) atoms. The van der Waals surface area contributed by atoms with Crippen LogP contribution in [0.25, 0.3) is 0 Å². The van der Waals surface area contributed by atoms with Gasteiger partial charge in [-0.3, -0.25) is 4.79 Å². The van der Waals surface area contributed by atoms with Crippen molar-refractivity contribution in [2.75, 3.05) is 5.73 Å². The number of hydrogen-bond acceptors (Lipinski definition) is 2. The average Bonchev–Trinajstić information content (AvgIpc) is 2.82. The maximum atomic E-state index is 11.8. The standard InChI is InChI=1S/C11H13ClN2O/c1-11(4-5-11)14-10(15)8-3-2-7(12)6-9(8)13/h2-3,6H,4-5,13H2,1H3,(H,14,15). The van der Waals surface area contributed by atoms with Crippen LogP contribution in [0.5, 0.6) is 0 Å². The quantitative estimate of drug-likeness (QED) is 0.757. The maximum absolute atomic E-state index is 11.8. The van der Waals surface area contributed by atoms with Gasteiger partial charge in [-0.2, -0.15) is 0 Å². The van der Waals surface area contributed by atoms with Crippen LogP contribution in [-0.2, 0) is 0 Å². The number of hydrogen-bond donors (Lipinski definition) is 2. The minimum Gasteiger partial charge on any atom is -0.398 e. The Labute approximate surface area is 93.6 Å². The summed E-state index contributed by atoms with van der Waals surface area (Å²) in [5, 5.41) is 3.49. The first-order valence-corrected chi connectivity index (χ1v) is 5.25. The number of amides is 1. The fourth-order valence-electron chi connectivity index (χ4n) is 1.39. The molecule has 0 radical (unpaired) electrons.